The Labute approximate surface area is 119 Å². The third-order valence-corrected chi connectivity index (χ3v) is 3.74. The van der Waals surface area contributed by atoms with Gasteiger partial charge in [0, 0.05) is 37.2 Å². The Morgan fingerprint density at radius 1 is 1.42 bits per heavy atom. The van der Waals surface area contributed by atoms with Crippen LogP contribution in [0.3, 0.4) is 0 Å². The number of rotatable bonds is 3. The van der Waals surface area contributed by atoms with Gasteiger partial charge in [0.05, 0.1) is 0 Å². The number of nitrogens with zero attached hydrogens (tertiary/aromatic N) is 2. The largest absolute Gasteiger partial charge is 0.334 e. The molecular weight excluding hydrogens is 260 g/mol. The molecule has 1 amide bonds. The summed E-state index contributed by atoms with van der Waals surface area (Å²) in [7, 11) is 0. The fraction of sp³-hybridized carbons (Fsp3) is 0.400. The quantitative estimate of drug-likeness (QED) is 0.794. The second-order valence-electron chi connectivity index (χ2n) is 4.95. The van der Waals surface area contributed by atoms with Crippen LogP contribution in [0.15, 0.2) is 36.9 Å². The summed E-state index contributed by atoms with van der Waals surface area (Å²) in [5.41, 5.74) is 1.25. The van der Waals surface area contributed by atoms with Gasteiger partial charge in [-0.2, -0.15) is 0 Å². The topological polar surface area (TPSA) is 23.6 Å². The van der Waals surface area contributed by atoms with E-state index in [1.165, 1.54) is 11.6 Å². The third kappa shape index (κ3) is 3.58. The highest BCUT2D eigenvalue weighted by molar-refractivity contribution is 6.30. The SMILES string of the molecule is C=CC(=O)N1CCN(Cc2ccc(Cl)cc2)CC1C. The summed E-state index contributed by atoms with van der Waals surface area (Å²) in [6, 6.07) is 8.16. The van der Waals surface area contributed by atoms with Gasteiger partial charge >= 0.3 is 0 Å². The first-order chi connectivity index (χ1) is 9.10. The van der Waals surface area contributed by atoms with E-state index in [1.54, 1.807) is 0 Å². The van der Waals surface area contributed by atoms with E-state index in [1.807, 2.05) is 29.2 Å². The van der Waals surface area contributed by atoms with Crippen LogP contribution >= 0.6 is 11.6 Å². The van der Waals surface area contributed by atoms with Gasteiger partial charge in [-0.05, 0) is 30.7 Å². The van der Waals surface area contributed by atoms with Crippen LogP contribution in [0.4, 0.5) is 0 Å². The molecule has 1 saturated heterocycles. The molecule has 2 rings (SSSR count). The average molecular weight is 279 g/mol. The highest BCUT2D eigenvalue weighted by Gasteiger charge is 2.25. The molecule has 1 aliphatic rings. The zero-order chi connectivity index (χ0) is 13.8. The molecule has 1 aromatic carbocycles. The van der Waals surface area contributed by atoms with Crippen molar-refractivity contribution in [2.24, 2.45) is 0 Å². The van der Waals surface area contributed by atoms with Crippen LogP contribution in [-0.4, -0.2) is 41.4 Å². The van der Waals surface area contributed by atoms with E-state index in [9.17, 15) is 4.79 Å². The first-order valence-corrected chi connectivity index (χ1v) is 6.88. The molecule has 0 saturated carbocycles. The molecule has 102 valence electrons. The van der Waals surface area contributed by atoms with Crippen LogP contribution < -0.4 is 0 Å². The maximum absolute atomic E-state index is 11.7. The molecule has 4 heteroatoms. The molecule has 3 nitrogen and oxygen atoms in total. The van der Waals surface area contributed by atoms with Gasteiger partial charge in [0.25, 0.3) is 0 Å². The predicted octanol–water partition coefficient (Wildman–Crippen LogP) is 2.56. The maximum Gasteiger partial charge on any atom is 0.246 e. The van der Waals surface area contributed by atoms with Gasteiger partial charge in [-0.3, -0.25) is 9.69 Å². The molecule has 0 spiro atoms. The van der Waals surface area contributed by atoms with Crippen LogP contribution in [0.25, 0.3) is 0 Å². The summed E-state index contributed by atoms with van der Waals surface area (Å²) in [5, 5.41) is 0.763. The van der Waals surface area contributed by atoms with Crippen LogP contribution in [0.1, 0.15) is 12.5 Å². The molecule has 1 fully saturated rings. The monoisotopic (exact) mass is 278 g/mol. The summed E-state index contributed by atoms with van der Waals surface area (Å²) in [6.07, 6.45) is 1.39. The lowest BCUT2D eigenvalue weighted by molar-refractivity contribution is -0.130. The average Bonchev–Trinajstić information content (AvgIpc) is 2.41. The molecule has 0 bridgehead atoms. The lowest BCUT2D eigenvalue weighted by Crippen LogP contribution is -2.53. The molecule has 1 aliphatic heterocycles. The molecule has 0 aromatic heterocycles. The third-order valence-electron chi connectivity index (χ3n) is 3.49. The van der Waals surface area contributed by atoms with E-state index in [0.717, 1.165) is 31.2 Å². The number of carbonyl (C=O) groups is 1. The first kappa shape index (κ1) is 14.1. The maximum atomic E-state index is 11.7. The smallest absolute Gasteiger partial charge is 0.246 e. The highest BCUT2D eigenvalue weighted by atomic mass is 35.5. The molecule has 0 N–H and O–H groups in total. The summed E-state index contributed by atoms with van der Waals surface area (Å²) in [6.45, 7) is 9.08. The van der Waals surface area contributed by atoms with E-state index in [0.29, 0.717) is 0 Å². The Morgan fingerprint density at radius 2 is 2.11 bits per heavy atom. The van der Waals surface area contributed by atoms with Gasteiger partial charge in [0.2, 0.25) is 5.91 Å². The van der Waals surface area contributed by atoms with Gasteiger partial charge in [0.15, 0.2) is 0 Å². The zero-order valence-corrected chi connectivity index (χ0v) is 11.9. The highest BCUT2D eigenvalue weighted by Crippen LogP contribution is 2.15. The van der Waals surface area contributed by atoms with Crippen LogP contribution in [0.2, 0.25) is 5.02 Å². The van der Waals surface area contributed by atoms with Gasteiger partial charge in [-0.25, -0.2) is 0 Å². The van der Waals surface area contributed by atoms with E-state index in [-0.39, 0.29) is 11.9 Å². The van der Waals surface area contributed by atoms with Gasteiger partial charge in [0.1, 0.15) is 0 Å². The van der Waals surface area contributed by atoms with E-state index in [2.05, 4.69) is 18.4 Å². The molecule has 1 atom stereocenters. The Morgan fingerprint density at radius 3 is 2.68 bits per heavy atom. The van der Waals surface area contributed by atoms with Crippen molar-refractivity contribution in [1.29, 1.82) is 0 Å². The summed E-state index contributed by atoms with van der Waals surface area (Å²) >= 11 is 5.88. The van der Waals surface area contributed by atoms with E-state index < -0.39 is 0 Å². The number of halogens is 1. The van der Waals surface area contributed by atoms with Crippen LogP contribution in [-0.2, 0) is 11.3 Å². The number of amides is 1. The molecule has 1 heterocycles. The Hall–Kier alpha value is -1.32. The van der Waals surface area contributed by atoms with Crippen LogP contribution in [0.5, 0.6) is 0 Å². The molecule has 0 radical (unpaired) electrons. The molecule has 1 aromatic rings. The van der Waals surface area contributed by atoms with E-state index in [4.69, 9.17) is 11.6 Å². The van der Waals surface area contributed by atoms with Crippen molar-refractivity contribution >= 4 is 17.5 Å². The van der Waals surface area contributed by atoms with Crippen LogP contribution in [0, 0.1) is 0 Å². The minimum atomic E-state index is 0.0265. The molecular formula is C15H19ClN2O. The van der Waals surface area contributed by atoms with Crippen molar-refractivity contribution < 1.29 is 4.79 Å². The number of hydrogen-bond donors (Lipinski definition) is 0. The van der Waals surface area contributed by atoms with Gasteiger partial charge < -0.3 is 4.90 Å². The molecule has 1 unspecified atom stereocenters. The summed E-state index contributed by atoms with van der Waals surface area (Å²) in [4.78, 5) is 15.9. The second kappa shape index (κ2) is 6.22. The number of hydrogen-bond acceptors (Lipinski definition) is 2. The normalized spacial score (nSPS) is 20.3. The van der Waals surface area contributed by atoms with Crippen molar-refractivity contribution in [2.45, 2.75) is 19.5 Å². The standard InChI is InChI=1S/C15H19ClN2O/c1-3-15(19)18-9-8-17(10-12(18)2)11-13-4-6-14(16)7-5-13/h3-7,12H,1,8-11H2,2H3. The fourth-order valence-electron chi connectivity index (χ4n) is 2.47. The summed E-state index contributed by atoms with van der Waals surface area (Å²) < 4.78 is 0. The van der Waals surface area contributed by atoms with E-state index >= 15 is 0 Å². The first-order valence-electron chi connectivity index (χ1n) is 6.50. The summed E-state index contributed by atoms with van der Waals surface area (Å²) in [5.74, 6) is 0.0265. The Balaban J connectivity index is 1.93. The predicted molar refractivity (Wildman–Crippen MR) is 78.1 cm³/mol. The minimum Gasteiger partial charge on any atom is -0.334 e. The Kier molecular flexibility index (Phi) is 4.61. The van der Waals surface area contributed by atoms with Crippen molar-refractivity contribution in [3.8, 4) is 0 Å². The molecule has 0 aliphatic carbocycles. The van der Waals surface area contributed by atoms with Crippen molar-refractivity contribution in [3.05, 3.63) is 47.5 Å². The number of carbonyl (C=O) groups excluding carboxylic acids is 1. The lowest BCUT2D eigenvalue weighted by atomic mass is 10.1. The Bertz CT molecular complexity index is 458. The fourth-order valence-corrected chi connectivity index (χ4v) is 2.60. The molecule has 19 heavy (non-hydrogen) atoms. The van der Waals surface area contributed by atoms with Gasteiger partial charge in [-0.15, -0.1) is 0 Å². The second-order valence-corrected chi connectivity index (χ2v) is 5.38. The zero-order valence-electron chi connectivity index (χ0n) is 11.2. The number of piperazine rings is 1. The van der Waals surface area contributed by atoms with Crippen molar-refractivity contribution in [3.63, 3.8) is 0 Å². The van der Waals surface area contributed by atoms with Gasteiger partial charge in [-0.1, -0.05) is 30.3 Å². The number of benzene rings is 1. The lowest BCUT2D eigenvalue weighted by Gasteiger charge is -2.39. The van der Waals surface area contributed by atoms with Crippen molar-refractivity contribution in [2.75, 3.05) is 19.6 Å². The van der Waals surface area contributed by atoms with Crippen molar-refractivity contribution in [1.82, 2.24) is 9.80 Å². The minimum absolute atomic E-state index is 0.0265.